The summed E-state index contributed by atoms with van der Waals surface area (Å²) in [4.78, 5) is 0. The molecule has 18 heavy (non-hydrogen) atoms. The van der Waals surface area contributed by atoms with Crippen LogP contribution in [-0.2, 0) is 11.8 Å². The van der Waals surface area contributed by atoms with E-state index in [0.717, 1.165) is 5.56 Å². The molecule has 0 aliphatic carbocycles. The van der Waals surface area contributed by atoms with E-state index in [0.29, 0.717) is 12.0 Å². The van der Waals surface area contributed by atoms with Crippen molar-refractivity contribution in [1.29, 1.82) is 0 Å². The van der Waals surface area contributed by atoms with Gasteiger partial charge in [0, 0.05) is 0 Å². The van der Waals surface area contributed by atoms with Crippen LogP contribution in [0.25, 0.3) is 0 Å². The van der Waals surface area contributed by atoms with Crippen LogP contribution in [0.5, 0.6) is 0 Å². The van der Waals surface area contributed by atoms with Gasteiger partial charge in [0.15, 0.2) is 0 Å². The summed E-state index contributed by atoms with van der Waals surface area (Å²) in [6.45, 7) is 8.59. The number of halogens is 3. The van der Waals surface area contributed by atoms with E-state index in [9.17, 15) is 13.2 Å². The molecule has 0 nitrogen and oxygen atoms in total. The van der Waals surface area contributed by atoms with E-state index in [2.05, 4.69) is 0 Å². The second kappa shape index (κ2) is 4.60. The Kier molecular flexibility index (Phi) is 3.85. The van der Waals surface area contributed by atoms with Gasteiger partial charge in [-0.05, 0) is 36.8 Å². The van der Waals surface area contributed by atoms with E-state index in [1.54, 1.807) is 24.3 Å². The highest BCUT2D eigenvalue weighted by atomic mass is 19.4. The first kappa shape index (κ1) is 15.1. The zero-order valence-corrected chi connectivity index (χ0v) is 11.7. The van der Waals surface area contributed by atoms with Crippen LogP contribution in [0, 0.1) is 5.41 Å². The zero-order valence-electron chi connectivity index (χ0n) is 11.7. The summed E-state index contributed by atoms with van der Waals surface area (Å²) in [6.07, 6.45) is -3.59. The van der Waals surface area contributed by atoms with Crippen LogP contribution in [-0.4, -0.2) is 6.18 Å². The number of hydrogen-bond donors (Lipinski definition) is 0. The smallest absolute Gasteiger partial charge is 0.170 e. The monoisotopic (exact) mass is 258 g/mol. The first-order chi connectivity index (χ1) is 7.95. The van der Waals surface area contributed by atoms with Gasteiger partial charge in [-0.2, -0.15) is 13.2 Å². The largest absolute Gasteiger partial charge is 0.397 e. The Morgan fingerprint density at radius 1 is 0.889 bits per heavy atom. The molecular weight excluding hydrogens is 237 g/mol. The zero-order chi connectivity index (χ0) is 14.2. The van der Waals surface area contributed by atoms with Crippen molar-refractivity contribution in [3.8, 4) is 0 Å². The van der Waals surface area contributed by atoms with Crippen molar-refractivity contribution in [3.05, 3.63) is 35.4 Å². The van der Waals surface area contributed by atoms with Crippen molar-refractivity contribution < 1.29 is 13.2 Å². The maximum Gasteiger partial charge on any atom is 0.397 e. The molecule has 0 bridgehead atoms. The van der Waals surface area contributed by atoms with Gasteiger partial charge in [0.05, 0.1) is 5.41 Å². The van der Waals surface area contributed by atoms with Crippen molar-refractivity contribution in [2.24, 2.45) is 5.41 Å². The highest BCUT2D eigenvalue weighted by molar-refractivity contribution is 5.35. The first-order valence-corrected chi connectivity index (χ1v) is 6.10. The second-order valence-corrected chi connectivity index (χ2v) is 6.52. The van der Waals surface area contributed by atoms with Crippen molar-refractivity contribution in [2.75, 3.05) is 0 Å². The van der Waals surface area contributed by atoms with E-state index in [4.69, 9.17) is 0 Å². The maximum atomic E-state index is 13.1. The van der Waals surface area contributed by atoms with Crippen molar-refractivity contribution >= 4 is 0 Å². The molecule has 0 aliphatic heterocycles. The van der Waals surface area contributed by atoms with Gasteiger partial charge in [0.25, 0.3) is 0 Å². The fourth-order valence-corrected chi connectivity index (χ4v) is 2.01. The van der Waals surface area contributed by atoms with Crippen LogP contribution in [0.15, 0.2) is 24.3 Å². The third-order valence-corrected chi connectivity index (χ3v) is 3.12. The lowest BCUT2D eigenvalue weighted by atomic mass is 9.77. The van der Waals surface area contributed by atoms with Gasteiger partial charge in [-0.15, -0.1) is 0 Å². The van der Waals surface area contributed by atoms with Gasteiger partial charge < -0.3 is 0 Å². The lowest BCUT2D eigenvalue weighted by Crippen LogP contribution is -2.37. The van der Waals surface area contributed by atoms with Crippen LogP contribution in [0.3, 0.4) is 0 Å². The van der Waals surface area contributed by atoms with Crippen LogP contribution in [0.1, 0.15) is 45.7 Å². The molecule has 1 aromatic carbocycles. The molecule has 0 atom stereocenters. The molecule has 0 saturated carbocycles. The minimum absolute atomic E-state index is 0.0300. The van der Waals surface area contributed by atoms with E-state index < -0.39 is 11.6 Å². The topological polar surface area (TPSA) is 0 Å². The molecule has 0 amide bonds. The predicted octanol–water partition coefficient (Wildman–Crippen LogP) is 5.12. The molecule has 1 aromatic rings. The lowest BCUT2D eigenvalue weighted by Gasteiger charge is -2.32. The predicted molar refractivity (Wildman–Crippen MR) is 68.7 cm³/mol. The van der Waals surface area contributed by atoms with E-state index in [-0.39, 0.29) is 5.41 Å². The van der Waals surface area contributed by atoms with Crippen LogP contribution in [0.4, 0.5) is 13.2 Å². The molecule has 0 unspecified atom stereocenters. The summed E-state index contributed by atoms with van der Waals surface area (Å²) in [5.74, 6) is 0. The van der Waals surface area contributed by atoms with Crippen LogP contribution < -0.4 is 0 Å². The Bertz CT molecular complexity index is 408. The summed E-state index contributed by atoms with van der Waals surface area (Å²) >= 11 is 0. The SMILES string of the molecule is CC(C)(C)Cc1ccccc1C(C)(C)C(F)(F)F. The van der Waals surface area contributed by atoms with Gasteiger partial charge in [-0.1, -0.05) is 45.0 Å². The minimum Gasteiger partial charge on any atom is -0.170 e. The van der Waals surface area contributed by atoms with E-state index in [1.165, 1.54) is 13.8 Å². The van der Waals surface area contributed by atoms with E-state index in [1.807, 2.05) is 20.8 Å². The van der Waals surface area contributed by atoms with Gasteiger partial charge >= 0.3 is 6.18 Å². The molecule has 0 aromatic heterocycles. The molecule has 0 spiro atoms. The van der Waals surface area contributed by atoms with Crippen LogP contribution >= 0.6 is 0 Å². The second-order valence-electron chi connectivity index (χ2n) is 6.52. The van der Waals surface area contributed by atoms with Gasteiger partial charge in [0.1, 0.15) is 0 Å². The van der Waals surface area contributed by atoms with Gasteiger partial charge in [-0.25, -0.2) is 0 Å². The standard InChI is InChI=1S/C15H21F3/c1-13(2,3)10-11-8-6-7-9-12(11)14(4,5)15(16,17)18/h6-9H,10H2,1-5H3. The molecule has 0 saturated heterocycles. The van der Waals surface area contributed by atoms with Crippen LogP contribution in [0.2, 0.25) is 0 Å². The molecule has 1 rings (SSSR count). The highest BCUT2D eigenvalue weighted by Gasteiger charge is 2.49. The summed E-state index contributed by atoms with van der Waals surface area (Å²) in [7, 11) is 0. The molecule has 0 heterocycles. The summed E-state index contributed by atoms with van der Waals surface area (Å²) in [5.41, 5.74) is -0.674. The minimum atomic E-state index is -4.24. The average molecular weight is 258 g/mol. The normalized spacial score (nSPS) is 13.8. The fourth-order valence-electron chi connectivity index (χ4n) is 2.01. The number of benzene rings is 1. The molecule has 0 radical (unpaired) electrons. The first-order valence-electron chi connectivity index (χ1n) is 6.10. The Morgan fingerprint density at radius 2 is 1.39 bits per heavy atom. The summed E-state index contributed by atoms with van der Waals surface area (Å²) < 4.78 is 39.4. The van der Waals surface area contributed by atoms with Crippen molar-refractivity contribution in [1.82, 2.24) is 0 Å². The number of hydrogen-bond acceptors (Lipinski definition) is 0. The molecular formula is C15H21F3. The molecule has 0 fully saturated rings. The Hall–Kier alpha value is -0.990. The maximum absolute atomic E-state index is 13.1. The number of rotatable bonds is 2. The summed E-state index contributed by atoms with van der Waals surface area (Å²) in [6, 6.07) is 6.87. The number of alkyl halides is 3. The fraction of sp³-hybridized carbons (Fsp3) is 0.600. The third kappa shape index (κ3) is 3.27. The van der Waals surface area contributed by atoms with Crippen molar-refractivity contribution in [2.45, 2.75) is 52.6 Å². The molecule has 102 valence electrons. The van der Waals surface area contributed by atoms with E-state index >= 15 is 0 Å². The molecule has 3 heteroatoms. The average Bonchev–Trinajstić information content (AvgIpc) is 2.13. The Labute approximate surface area is 107 Å². The highest BCUT2D eigenvalue weighted by Crippen LogP contribution is 2.42. The molecule has 0 aliphatic rings. The third-order valence-electron chi connectivity index (χ3n) is 3.12. The lowest BCUT2D eigenvalue weighted by molar-refractivity contribution is -0.180. The quantitative estimate of drug-likeness (QED) is 0.691. The Morgan fingerprint density at radius 3 is 1.83 bits per heavy atom. The van der Waals surface area contributed by atoms with Gasteiger partial charge in [-0.3, -0.25) is 0 Å². The Balaban J connectivity index is 3.26. The van der Waals surface area contributed by atoms with Gasteiger partial charge in [0.2, 0.25) is 0 Å². The molecule has 0 N–H and O–H groups in total. The van der Waals surface area contributed by atoms with Crippen molar-refractivity contribution in [3.63, 3.8) is 0 Å². The summed E-state index contributed by atoms with van der Waals surface area (Å²) in [5, 5.41) is 0.